The molecule has 1 aliphatic heterocycles. The fourth-order valence-electron chi connectivity index (χ4n) is 2.19. The maximum atomic E-state index is 4.47. The first kappa shape index (κ1) is 11.4. The van der Waals surface area contributed by atoms with Crippen LogP contribution in [0.2, 0.25) is 0 Å². The van der Waals surface area contributed by atoms with Crippen molar-refractivity contribution in [3.05, 3.63) is 23.9 Å². The Balaban J connectivity index is 2.16. The Bertz CT molecular complexity index is 351. The van der Waals surface area contributed by atoms with Crippen LogP contribution in [0, 0.1) is 5.92 Å². The summed E-state index contributed by atoms with van der Waals surface area (Å²) in [6, 6.07) is 4.69. The fraction of sp³-hybridized carbons (Fsp3) is 0.615. The molecular weight excluding hydrogens is 198 g/mol. The van der Waals surface area contributed by atoms with E-state index in [1.54, 1.807) is 0 Å². The molecule has 1 aliphatic rings. The van der Waals surface area contributed by atoms with Crippen molar-refractivity contribution in [2.24, 2.45) is 5.92 Å². The van der Waals surface area contributed by atoms with E-state index in [0.29, 0.717) is 6.04 Å². The third kappa shape index (κ3) is 2.35. The molecule has 2 atom stereocenters. The lowest BCUT2D eigenvalue weighted by molar-refractivity contribution is 0.649. The van der Waals surface area contributed by atoms with Gasteiger partial charge in [0.1, 0.15) is 5.82 Å². The summed E-state index contributed by atoms with van der Waals surface area (Å²) in [6.07, 6.45) is 3.20. The summed E-state index contributed by atoms with van der Waals surface area (Å²) in [6.45, 7) is 6.77. The smallest absolute Gasteiger partial charge is 0.128 e. The van der Waals surface area contributed by atoms with Crippen LogP contribution in [-0.4, -0.2) is 25.1 Å². The van der Waals surface area contributed by atoms with Gasteiger partial charge in [-0.15, -0.1) is 0 Å². The average Bonchev–Trinajstić information content (AvgIpc) is 2.75. The molecule has 1 N–H and O–H groups in total. The molecule has 1 fully saturated rings. The van der Waals surface area contributed by atoms with Gasteiger partial charge in [0.2, 0.25) is 0 Å². The lowest BCUT2D eigenvalue weighted by atomic mass is 10.1. The summed E-state index contributed by atoms with van der Waals surface area (Å²) in [7, 11) is 1.99. The van der Waals surface area contributed by atoms with Crippen molar-refractivity contribution in [3.8, 4) is 0 Å². The van der Waals surface area contributed by atoms with Crippen molar-refractivity contribution in [1.82, 2.24) is 10.3 Å². The third-order valence-corrected chi connectivity index (χ3v) is 3.45. The molecule has 2 unspecified atom stereocenters. The number of pyridine rings is 1. The highest BCUT2D eigenvalue weighted by Crippen LogP contribution is 2.23. The Labute approximate surface area is 97.9 Å². The number of hydrogen-bond acceptors (Lipinski definition) is 3. The molecule has 1 aromatic heterocycles. The van der Waals surface area contributed by atoms with Gasteiger partial charge in [0, 0.05) is 25.3 Å². The van der Waals surface area contributed by atoms with E-state index >= 15 is 0 Å². The Morgan fingerprint density at radius 3 is 3.00 bits per heavy atom. The average molecular weight is 219 g/mol. The van der Waals surface area contributed by atoms with Crippen LogP contribution in [0.1, 0.15) is 31.9 Å². The van der Waals surface area contributed by atoms with Gasteiger partial charge in [0.15, 0.2) is 0 Å². The van der Waals surface area contributed by atoms with Gasteiger partial charge >= 0.3 is 0 Å². The van der Waals surface area contributed by atoms with E-state index < -0.39 is 0 Å². The molecule has 0 aliphatic carbocycles. The van der Waals surface area contributed by atoms with Gasteiger partial charge in [-0.3, -0.25) is 0 Å². The molecule has 2 rings (SSSR count). The monoisotopic (exact) mass is 219 g/mol. The molecule has 3 nitrogen and oxygen atoms in total. The van der Waals surface area contributed by atoms with E-state index in [1.807, 2.05) is 13.2 Å². The van der Waals surface area contributed by atoms with Crippen molar-refractivity contribution in [1.29, 1.82) is 0 Å². The molecule has 16 heavy (non-hydrogen) atoms. The van der Waals surface area contributed by atoms with E-state index in [4.69, 9.17) is 0 Å². The highest BCUT2D eigenvalue weighted by molar-refractivity contribution is 5.42. The highest BCUT2D eigenvalue weighted by atomic mass is 15.2. The lowest BCUT2D eigenvalue weighted by Crippen LogP contribution is -2.21. The van der Waals surface area contributed by atoms with Gasteiger partial charge in [-0.25, -0.2) is 4.98 Å². The van der Waals surface area contributed by atoms with E-state index in [1.165, 1.54) is 12.0 Å². The number of anilines is 1. The summed E-state index contributed by atoms with van der Waals surface area (Å²) in [5.74, 6) is 1.93. The molecule has 3 heteroatoms. The largest absolute Gasteiger partial charge is 0.356 e. The Hall–Kier alpha value is -1.09. The zero-order valence-electron chi connectivity index (χ0n) is 10.4. The number of hydrogen-bond donors (Lipinski definition) is 1. The molecule has 0 aromatic carbocycles. The first-order chi connectivity index (χ1) is 7.70. The number of nitrogens with zero attached hydrogens (tertiary/aromatic N) is 2. The summed E-state index contributed by atoms with van der Waals surface area (Å²) < 4.78 is 0. The van der Waals surface area contributed by atoms with Crippen LogP contribution in [0.25, 0.3) is 0 Å². The summed E-state index contributed by atoms with van der Waals surface area (Å²) >= 11 is 0. The van der Waals surface area contributed by atoms with Crippen molar-refractivity contribution in [2.75, 3.05) is 25.0 Å². The lowest BCUT2D eigenvalue weighted by Gasteiger charge is -2.19. The van der Waals surface area contributed by atoms with Gasteiger partial charge < -0.3 is 10.2 Å². The predicted octanol–water partition coefficient (Wildman–Crippen LogP) is 2.21. The number of aromatic nitrogens is 1. The maximum Gasteiger partial charge on any atom is 0.128 e. The zero-order valence-corrected chi connectivity index (χ0v) is 10.4. The van der Waals surface area contributed by atoms with E-state index in [9.17, 15) is 0 Å². The third-order valence-electron chi connectivity index (χ3n) is 3.45. The van der Waals surface area contributed by atoms with Gasteiger partial charge in [0.05, 0.1) is 0 Å². The van der Waals surface area contributed by atoms with Crippen molar-refractivity contribution >= 4 is 5.82 Å². The summed E-state index contributed by atoms with van der Waals surface area (Å²) in [5.41, 5.74) is 1.31. The quantitative estimate of drug-likeness (QED) is 0.845. The minimum Gasteiger partial charge on any atom is -0.356 e. The molecule has 0 saturated carbocycles. The van der Waals surface area contributed by atoms with Crippen LogP contribution in [0.4, 0.5) is 5.82 Å². The fourth-order valence-corrected chi connectivity index (χ4v) is 2.19. The molecule has 1 aromatic rings. The Morgan fingerprint density at radius 2 is 2.38 bits per heavy atom. The first-order valence-corrected chi connectivity index (χ1v) is 6.09. The number of nitrogens with one attached hydrogen (secondary N) is 1. The second-order valence-corrected chi connectivity index (χ2v) is 4.80. The molecule has 0 bridgehead atoms. The molecule has 0 spiro atoms. The highest BCUT2D eigenvalue weighted by Gasteiger charge is 2.20. The maximum absolute atomic E-state index is 4.47. The minimum atomic E-state index is 0.391. The molecule has 2 heterocycles. The molecule has 88 valence electrons. The van der Waals surface area contributed by atoms with E-state index in [-0.39, 0.29) is 0 Å². The van der Waals surface area contributed by atoms with Crippen LogP contribution in [0.15, 0.2) is 18.3 Å². The van der Waals surface area contributed by atoms with Crippen LogP contribution < -0.4 is 10.2 Å². The number of rotatable bonds is 3. The molecule has 1 saturated heterocycles. The van der Waals surface area contributed by atoms with Gasteiger partial charge in [0.25, 0.3) is 0 Å². The standard InChI is InChI=1S/C13H21N3/c1-10-5-7-16(9-10)13-8-12(4-6-15-13)11(2)14-3/h4,6,8,10-11,14H,5,7,9H2,1-3H3. The van der Waals surface area contributed by atoms with E-state index in [0.717, 1.165) is 24.8 Å². The minimum absolute atomic E-state index is 0.391. The Morgan fingerprint density at radius 1 is 1.56 bits per heavy atom. The van der Waals surface area contributed by atoms with E-state index in [2.05, 4.69) is 41.2 Å². The normalized spacial score (nSPS) is 22.4. The van der Waals surface area contributed by atoms with Gasteiger partial charge in [-0.1, -0.05) is 6.92 Å². The van der Waals surface area contributed by atoms with Crippen molar-refractivity contribution < 1.29 is 0 Å². The second kappa shape index (κ2) is 4.83. The van der Waals surface area contributed by atoms with Crippen LogP contribution >= 0.6 is 0 Å². The Kier molecular flexibility index (Phi) is 3.44. The van der Waals surface area contributed by atoms with Crippen LogP contribution in [0.3, 0.4) is 0 Å². The summed E-state index contributed by atoms with van der Waals surface area (Å²) in [5, 5.41) is 3.26. The van der Waals surface area contributed by atoms with Gasteiger partial charge in [-0.05, 0) is 44.0 Å². The van der Waals surface area contributed by atoms with Gasteiger partial charge in [-0.2, -0.15) is 0 Å². The van der Waals surface area contributed by atoms with Crippen molar-refractivity contribution in [2.45, 2.75) is 26.3 Å². The second-order valence-electron chi connectivity index (χ2n) is 4.80. The predicted molar refractivity (Wildman–Crippen MR) is 67.7 cm³/mol. The SMILES string of the molecule is CNC(C)c1ccnc(N2CCC(C)C2)c1. The van der Waals surface area contributed by atoms with Crippen LogP contribution in [-0.2, 0) is 0 Å². The topological polar surface area (TPSA) is 28.2 Å². The van der Waals surface area contributed by atoms with Crippen LogP contribution in [0.5, 0.6) is 0 Å². The first-order valence-electron chi connectivity index (χ1n) is 6.09. The summed E-state index contributed by atoms with van der Waals surface area (Å²) in [4.78, 5) is 6.86. The molecular formula is C13H21N3. The molecule has 0 radical (unpaired) electrons. The zero-order chi connectivity index (χ0) is 11.5. The molecule has 0 amide bonds. The van der Waals surface area contributed by atoms with Crippen molar-refractivity contribution in [3.63, 3.8) is 0 Å².